The van der Waals surface area contributed by atoms with Crippen LogP contribution in [0.5, 0.6) is 0 Å². The second kappa shape index (κ2) is 10.5. The molecule has 0 bridgehead atoms. The molecule has 0 spiro atoms. The minimum absolute atomic E-state index is 0.123. The first-order valence-electron chi connectivity index (χ1n) is 10.5. The van der Waals surface area contributed by atoms with E-state index < -0.39 is 12.0 Å². The van der Waals surface area contributed by atoms with Gasteiger partial charge < -0.3 is 10.0 Å². The van der Waals surface area contributed by atoms with Crippen LogP contribution < -0.4 is 0 Å². The van der Waals surface area contributed by atoms with E-state index in [0.29, 0.717) is 18.7 Å². The van der Waals surface area contributed by atoms with Crippen molar-refractivity contribution in [2.75, 3.05) is 0 Å². The number of carboxylic acids is 1. The summed E-state index contributed by atoms with van der Waals surface area (Å²) in [5, 5.41) is 23.8. The highest BCUT2D eigenvalue weighted by Gasteiger charge is 2.27. The van der Waals surface area contributed by atoms with Crippen molar-refractivity contribution in [2.45, 2.75) is 52.1 Å². The van der Waals surface area contributed by atoms with Crippen molar-refractivity contribution in [2.24, 2.45) is 0 Å². The molecule has 1 unspecified atom stereocenters. The number of aliphatic carboxylic acids is 1. The molecule has 0 radical (unpaired) electrons. The number of hydrogen-bond donors (Lipinski definition) is 2. The summed E-state index contributed by atoms with van der Waals surface area (Å²) in [4.78, 5) is 25.9. The normalized spacial score (nSPS) is 11.8. The third-order valence-electron chi connectivity index (χ3n) is 5.24. The summed E-state index contributed by atoms with van der Waals surface area (Å²) in [6, 6.07) is 14.7. The zero-order valence-electron chi connectivity index (χ0n) is 17.8. The van der Waals surface area contributed by atoms with Gasteiger partial charge in [0, 0.05) is 18.5 Å². The minimum Gasteiger partial charge on any atom is -0.480 e. The number of tetrazole rings is 1. The Morgan fingerprint density at radius 1 is 1.06 bits per heavy atom. The van der Waals surface area contributed by atoms with E-state index in [4.69, 9.17) is 0 Å². The average Bonchev–Trinajstić information content (AvgIpc) is 3.32. The molecule has 162 valence electrons. The number of nitrogens with one attached hydrogen (secondary N) is 1. The molecule has 3 aromatic rings. The maximum Gasteiger partial charge on any atom is 0.326 e. The van der Waals surface area contributed by atoms with Gasteiger partial charge in [0.15, 0.2) is 0 Å². The fourth-order valence-corrected chi connectivity index (χ4v) is 3.56. The van der Waals surface area contributed by atoms with Crippen LogP contribution in [-0.2, 0) is 16.1 Å². The Balaban J connectivity index is 1.85. The first kappa shape index (κ1) is 22.1. The van der Waals surface area contributed by atoms with Crippen LogP contribution in [0.1, 0.15) is 45.1 Å². The maximum atomic E-state index is 12.7. The van der Waals surface area contributed by atoms with E-state index in [1.807, 2.05) is 55.5 Å². The average molecular weight is 422 g/mol. The van der Waals surface area contributed by atoms with Crippen LogP contribution in [0.2, 0.25) is 0 Å². The molecule has 1 heterocycles. The van der Waals surface area contributed by atoms with Gasteiger partial charge in [-0.2, -0.15) is 5.21 Å². The second-order valence-corrected chi connectivity index (χ2v) is 7.37. The number of hydrogen-bond acceptors (Lipinski definition) is 5. The standard InChI is InChI=1S/C23H27N5O3/c1-3-5-10-21(29)28(20(4-2)23(30)31)15-16-11-13-17(14-12-16)18-8-6-7-9-19(18)22-24-26-27-25-22/h6-9,11-14,20H,3-5,10,15H2,1-2H3,(H,30,31)(H,24,25,26,27). The molecule has 8 nitrogen and oxygen atoms in total. The van der Waals surface area contributed by atoms with Crippen molar-refractivity contribution < 1.29 is 14.7 Å². The lowest BCUT2D eigenvalue weighted by atomic mass is 9.98. The predicted molar refractivity (Wildman–Crippen MR) is 117 cm³/mol. The van der Waals surface area contributed by atoms with Gasteiger partial charge in [0.1, 0.15) is 6.04 Å². The third kappa shape index (κ3) is 5.33. The Bertz CT molecular complexity index is 1000. The van der Waals surface area contributed by atoms with Gasteiger partial charge in [-0.05, 0) is 34.7 Å². The molecule has 2 aromatic carbocycles. The van der Waals surface area contributed by atoms with Gasteiger partial charge in [0.05, 0.1) is 0 Å². The molecule has 0 aliphatic heterocycles. The monoisotopic (exact) mass is 421 g/mol. The summed E-state index contributed by atoms with van der Waals surface area (Å²) in [6.07, 6.45) is 2.36. The molecule has 0 saturated carbocycles. The van der Waals surface area contributed by atoms with Gasteiger partial charge in [-0.25, -0.2) is 4.79 Å². The fraction of sp³-hybridized carbons (Fsp3) is 0.348. The van der Waals surface area contributed by atoms with E-state index in [1.165, 1.54) is 4.90 Å². The molecular formula is C23H27N5O3. The van der Waals surface area contributed by atoms with Crippen LogP contribution in [0.4, 0.5) is 0 Å². The molecule has 1 aromatic heterocycles. The quantitative estimate of drug-likeness (QED) is 0.513. The number of rotatable bonds is 10. The van der Waals surface area contributed by atoms with Crippen molar-refractivity contribution in [3.05, 3.63) is 54.1 Å². The van der Waals surface area contributed by atoms with Crippen molar-refractivity contribution in [1.29, 1.82) is 0 Å². The van der Waals surface area contributed by atoms with Gasteiger partial charge in [-0.15, -0.1) is 10.2 Å². The summed E-state index contributed by atoms with van der Waals surface area (Å²) in [5.41, 5.74) is 3.67. The topological polar surface area (TPSA) is 112 Å². The van der Waals surface area contributed by atoms with Crippen LogP contribution in [0.3, 0.4) is 0 Å². The summed E-state index contributed by atoms with van der Waals surface area (Å²) < 4.78 is 0. The van der Waals surface area contributed by atoms with E-state index in [1.54, 1.807) is 6.92 Å². The lowest BCUT2D eigenvalue weighted by molar-refractivity contribution is -0.151. The highest BCUT2D eigenvalue weighted by Crippen LogP contribution is 2.30. The number of carboxylic acid groups (broad SMARTS) is 1. The van der Waals surface area contributed by atoms with E-state index in [-0.39, 0.29) is 12.5 Å². The van der Waals surface area contributed by atoms with Crippen molar-refractivity contribution >= 4 is 11.9 Å². The van der Waals surface area contributed by atoms with E-state index in [0.717, 1.165) is 35.1 Å². The van der Waals surface area contributed by atoms with Crippen molar-refractivity contribution in [3.8, 4) is 22.5 Å². The van der Waals surface area contributed by atoms with Gasteiger partial charge >= 0.3 is 5.97 Å². The van der Waals surface area contributed by atoms with Crippen LogP contribution in [0.15, 0.2) is 48.5 Å². The molecule has 8 heteroatoms. The first-order valence-corrected chi connectivity index (χ1v) is 10.5. The number of unbranched alkanes of at least 4 members (excludes halogenated alkanes) is 1. The Morgan fingerprint density at radius 2 is 1.77 bits per heavy atom. The molecule has 0 aliphatic rings. The Labute approximate surface area is 181 Å². The molecular weight excluding hydrogens is 394 g/mol. The van der Waals surface area contributed by atoms with Gasteiger partial charge in [0.25, 0.3) is 0 Å². The molecule has 0 saturated heterocycles. The molecule has 0 aliphatic carbocycles. The summed E-state index contributed by atoms with van der Waals surface area (Å²) in [5.74, 6) is -0.583. The first-order chi connectivity index (χ1) is 15.0. The highest BCUT2D eigenvalue weighted by molar-refractivity contribution is 5.84. The number of nitrogens with zero attached hydrogens (tertiary/aromatic N) is 4. The molecule has 2 N–H and O–H groups in total. The Hall–Kier alpha value is -3.55. The fourth-order valence-electron chi connectivity index (χ4n) is 3.56. The second-order valence-electron chi connectivity index (χ2n) is 7.37. The number of H-pyrrole nitrogens is 1. The number of carbonyl (C=O) groups excluding carboxylic acids is 1. The lowest BCUT2D eigenvalue weighted by Gasteiger charge is -2.28. The van der Waals surface area contributed by atoms with Crippen LogP contribution >= 0.6 is 0 Å². The van der Waals surface area contributed by atoms with Crippen LogP contribution in [-0.4, -0.2) is 48.5 Å². The SMILES string of the molecule is CCCCC(=O)N(Cc1ccc(-c2ccccc2-c2nn[nH]n2)cc1)C(CC)C(=O)O. The number of benzene rings is 2. The zero-order valence-corrected chi connectivity index (χ0v) is 17.8. The number of aromatic nitrogens is 4. The number of carbonyl (C=O) groups is 2. The predicted octanol–water partition coefficient (Wildman–Crippen LogP) is 3.92. The van der Waals surface area contributed by atoms with E-state index >= 15 is 0 Å². The van der Waals surface area contributed by atoms with Gasteiger partial charge in [-0.1, -0.05) is 68.8 Å². The van der Waals surface area contributed by atoms with Gasteiger partial charge in [0.2, 0.25) is 11.7 Å². The Kier molecular flexibility index (Phi) is 7.48. The zero-order chi connectivity index (χ0) is 22.2. The van der Waals surface area contributed by atoms with Crippen molar-refractivity contribution in [1.82, 2.24) is 25.5 Å². The largest absolute Gasteiger partial charge is 0.480 e. The van der Waals surface area contributed by atoms with E-state index in [9.17, 15) is 14.7 Å². The Morgan fingerprint density at radius 3 is 2.35 bits per heavy atom. The van der Waals surface area contributed by atoms with Crippen LogP contribution in [0.25, 0.3) is 22.5 Å². The molecule has 31 heavy (non-hydrogen) atoms. The minimum atomic E-state index is -0.974. The lowest BCUT2D eigenvalue weighted by Crippen LogP contribution is -2.44. The molecule has 0 fully saturated rings. The summed E-state index contributed by atoms with van der Waals surface area (Å²) >= 11 is 0. The number of amides is 1. The summed E-state index contributed by atoms with van der Waals surface area (Å²) in [7, 11) is 0. The van der Waals surface area contributed by atoms with Crippen molar-refractivity contribution in [3.63, 3.8) is 0 Å². The molecule has 3 rings (SSSR count). The van der Waals surface area contributed by atoms with Crippen LogP contribution in [0, 0.1) is 0 Å². The third-order valence-corrected chi connectivity index (χ3v) is 5.24. The summed E-state index contributed by atoms with van der Waals surface area (Å²) in [6.45, 7) is 4.06. The van der Waals surface area contributed by atoms with E-state index in [2.05, 4.69) is 20.6 Å². The molecule has 1 atom stereocenters. The maximum absolute atomic E-state index is 12.7. The molecule has 1 amide bonds. The van der Waals surface area contributed by atoms with Gasteiger partial charge in [-0.3, -0.25) is 4.79 Å². The number of aromatic amines is 1. The highest BCUT2D eigenvalue weighted by atomic mass is 16.4. The smallest absolute Gasteiger partial charge is 0.326 e.